The molecule has 0 aliphatic heterocycles. The highest BCUT2D eigenvalue weighted by Crippen LogP contribution is 2.20. The van der Waals surface area contributed by atoms with Gasteiger partial charge in [0.25, 0.3) is 5.91 Å². The van der Waals surface area contributed by atoms with Gasteiger partial charge in [-0.2, -0.15) is 4.98 Å². The molecule has 0 spiro atoms. The Morgan fingerprint density at radius 3 is 2.62 bits per heavy atom. The predicted molar refractivity (Wildman–Crippen MR) is 102 cm³/mol. The van der Waals surface area contributed by atoms with Crippen molar-refractivity contribution in [2.24, 2.45) is 7.05 Å². The Kier molecular flexibility index (Phi) is 4.83. The van der Waals surface area contributed by atoms with Gasteiger partial charge in [0.2, 0.25) is 5.95 Å². The first-order valence-electron chi connectivity index (χ1n) is 8.15. The summed E-state index contributed by atoms with van der Waals surface area (Å²) in [6, 6.07) is 7.40. The average molecular weight is 351 g/mol. The van der Waals surface area contributed by atoms with E-state index in [1.807, 2.05) is 39.1 Å². The lowest BCUT2D eigenvalue weighted by molar-refractivity contribution is 0.102. The molecule has 134 valence electrons. The van der Waals surface area contributed by atoms with Crippen molar-refractivity contribution in [3.8, 4) is 0 Å². The molecular formula is C18H21N7O. The third-order valence-electron chi connectivity index (χ3n) is 3.80. The van der Waals surface area contributed by atoms with Gasteiger partial charge in [-0.1, -0.05) is 6.07 Å². The van der Waals surface area contributed by atoms with Crippen LogP contribution in [0.2, 0.25) is 0 Å². The van der Waals surface area contributed by atoms with Crippen LogP contribution in [0.15, 0.2) is 36.8 Å². The van der Waals surface area contributed by atoms with Gasteiger partial charge in [-0.15, -0.1) is 0 Å². The molecule has 3 N–H and O–H groups in total. The minimum absolute atomic E-state index is 0.217. The van der Waals surface area contributed by atoms with Crippen LogP contribution in [0.3, 0.4) is 0 Å². The lowest BCUT2D eigenvalue weighted by atomic mass is 10.1. The topological polar surface area (TPSA) is 96.8 Å². The van der Waals surface area contributed by atoms with Gasteiger partial charge < -0.3 is 20.5 Å². The average Bonchev–Trinajstić information content (AvgIpc) is 3.00. The molecule has 1 amide bonds. The van der Waals surface area contributed by atoms with Crippen LogP contribution in [0.1, 0.15) is 21.6 Å². The number of hydrogen-bond acceptors (Lipinski definition) is 6. The number of aryl methyl sites for hydroxylation is 3. The Labute approximate surface area is 151 Å². The number of hydrogen-bond donors (Lipinski definition) is 3. The van der Waals surface area contributed by atoms with Crippen molar-refractivity contribution >= 4 is 29.2 Å². The summed E-state index contributed by atoms with van der Waals surface area (Å²) < 4.78 is 1.77. The molecule has 0 atom stereocenters. The normalized spacial score (nSPS) is 10.5. The number of rotatable bonds is 5. The van der Waals surface area contributed by atoms with E-state index in [0.717, 1.165) is 22.8 Å². The largest absolute Gasteiger partial charge is 0.373 e. The van der Waals surface area contributed by atoms with Gasteiger partial charge in [0.1, 0.15) is 5.82 Å². The molecule has 1 aromatic carbocycles. The molecule has 26 heavy (non-hydrogen) atoms. The number of anilines is 4. The fraction of sp³-hybridized carbons (Fsp3) is 0.222. The van der Waals surface area contributed by atoms with E-state index in [-0.39, 0.29) is 5.91 Å². The summed E-state index contributed by atoms with van der Waals surface area (Å²) in [7, 11) is 3.65. The minimum Gasteiger partial charge on any atom is -0.373 e. The highest BCUT2D eigenvalue weighted by atomic mass is 16.1. The fourth-order valence-corrected chi connectivity index (χ4v) is 2.49. The SMILES string of the molecule is CNc1cc(C)nc(Nc2ccc(C)c(C(=O)Nc3cn(C)cn3)c2)n1. The molecule has 3 aromatic rings. The summed E-state index contributed by atoms with van der Waals surface area (Å²) in [5.41, 5.74) is 2.99. The lowest BCUT2D eigenvalue weighted by Gasteiger charge is -2.11. The van der Waals surface area contributed by atoms with Crippen molar-refractivity contribution in [3.63, 3.8) is 0 Å². The van der Waals surface area contributed by atoms with Gasteiger partial charge >= 0.3 is 0 Å². The Morgan fingerprint density at radius 1 is 1.12 bits per heavy atom. The van der Waals surface area contributed by atoms with Crippen molar-refractivity contribution < 1.29 is 4.79 Å². The van der Waals surface area contributed by atoms with Gasteiger partial charge in [0.05, 0.1) is 6.33 Å². The van der Waals surface area contributed by atoms with Crippen LogP contribution >= 0.6 is 0 Å². The molecule has 0 aliphatic rings. The molecule has 2 heterocycles. The smallest absolute Gasteiger partial charge is 0.257 e. The number of nitrogens with zero attached hydrogens (tertiary/aromatic N) is 4. The molecule has 3 rings (SSSR count). The number of carbonyl (C=O) groups is 1. The summed E-state index contributed by atoms with van der Waals surface area (Å²) in [6.07, 6.45) is 3.38. The van der Waals surface area contributed by atoms with Crippen LogP contribution in [0.4, 0.5) is 23.3 Å². The Balaban J connectivity index is 1.83. The van der Waals surface area contributed by atoms with Crippen LogP contribution in [-0.4, -0.2) is 32.5 Å². The Bertz CT molecular complexity index is 948. The summed E-state index contributed by atoms with van der Waals surface area (Å²) in [6.45, 7) is 3.79. The van der Waals surface area contributed by atoms with Crippen LogP contribution in [0.5, 0.6) is 0 Å². The maximum absolute atomic E-state index is 12.6. The third kappa shape index (κ3) is 3.97. The molecule has 0 radical (unpaired) electrons. The first-order valence-corrected chi connectivity index (χ1v) is 8.15. The van der Waals surface area contributed by atoms with E-state index in [1.165, 1.54) is 0 Å². The summed E-state index contributed by atoms with van der Waals surface area (Å²) in [5.74, 6) is 1.48. The van der Waals surface area contributed by atoms with E-state index in [0.29, 0.717) is 17.3 Å². The van der Waals surface area contributed by atoms with Gasteiger partial charge in [-0.3, -0.25) is 4.79 Å². The van der Waals surface area contributed by atoms with Crippen molar-refractivity contribution in [3.05, 3.63) is 53.6 Å². The molecule has 0 saturated heterocycles. The summed E-state index contributed by atoms with van der Waals surface area (Å²) >= 11 is 0. The van der Waals surface area contributed by atoms with Gasteiger partial charge in [0, 0.05) is 43.3 Å². The zero-order valence-electron chi connectivity index (χ0n) is 15.2. The number of amides is 1. The van der Waals surface area contributed by atoms with Gasteiger partial charge in [0.15, 0.2) is 5.82 Å². The molecule has 0 unspecified atom stereocenters. The van der Waals surface area contributed by atoms with Crippen LogP contribution in [0.25, 0.3) is 0 Å². The summed E-state index contributed by atoms with van der Waals surface area (Å²) in [5, 5.41) is 8.94. The Hall–Kier alpha value is -3.42. The first-order chi connectivity index (χ1) is 12.4. The predicted octanol–water partition coefficient (Wildman–Crippen LogP) is 2.86. The standard InChI is InChI=1S/C18H21N7O/c1-11-5-6-13(22-18-21-12(2)7-15(19-3)24-18)8-14(11)17(26)23-16-9-25(4)10-20-16/h5-10H,1-4H3,(H,23,26)(H2,19,21,22,24). The molecule has 0 saturated carbocycles. The second-order valence-electron chi connectivity index (χ2n) is 6.00. The van der Waals surface area contributed by atoms with Crippen molar-refractivity contribution in [1.29, 1.82) is 0 Å². The number of imidazole rings is 1. The molecule has 0 bridgehead atoms. The summed E-state index contributed by atoms with van der Waals surface area (Å²) in [4.78, 5) is 25.4. The fourth-order valence-electron chi connectivity index (χ4n) is 2.49. The van der Waals surface area contributed by atoms with Crippen LogP contribution < -0.4 is 16.0 Å². The van der Waals surface area contributed by atoms with Crippen molar-refractivity contribution in [1.82, 2.24) is 19.5 Å². The van der Waals surface area contributed by atoms with Crippen LogP contribution in [0, 0.1) is 13.8 Å². The molecule has 0 aliphatic carbocycles. The van der Waals surface area contributed by atoms with E-state index < -0.39 is 0 Å². The minimum atomic E-state index is -0.217. The number of aromatic nitrogens is 4. The van der Waals surface area contributed by atoms with E-state index in [9.17, 15) is 4.79 Å². The van der Waals surface area contributed by atoms with E-state index in [1.54, 1.807) is 30.2 Å². The zero-order chi connectivity index (χ0) is 18.7. The second-order valence-corrected chi connectivity index (χ2v) is 6.00. The highest BCUT2D eigenvalue weighted by Gasteiger charge is 2.12. The molecule has 0 fully saturated rings. The van der Waals surface area contributed by atoms with Gasteiger partial charge in [-0.25, -0.2) is 9.97 Å². The maximum atomic E-state index is 12.6. The van der Waals surface area contributed by atoms with Crippen LogP contribution in [-0.2, 0) is 7.05 Å². The van der Waals surface area contributed by atoms with Crippen molar-refractivity contribution in [2.75, 3.05) is 23.0 Å². The van der Waals surface area contributed by atoms with E-state index in [4.69, 9.17) is 0 Å². The number of carbonyl (C=O) groups excluding carboxylic acids is 1. The van der Waals surface area contributed by atoms with Crippen molar-refractivity contribution in [2.45, 2.75) is 13.8 Å². The second kappa shape index (κ2) is 7.22. The monoisotopic (exact) mass is 351 g/mol. The Morgan fingerprint density at radius 2 is 1.92 bits per heavy atom. The third-order valence-corrected chi connectivity index (χ3v) is 3.80. The lowest BCUT2D eigenvalue weighted by Crippen LogP contribution is -2.14. The number of nitrogens with one attached hydrogen (secondary N) is 3. The van der Waals surface area contributed by atoms with Gasteiger partial charge in [-0.05, 0) is 31.5 Å². The van der Waals surface area contributed by atoms with E-state index in [2.05, 4.69) is 30.9 Å². The maximum Gasteiger partial charge on any atom is 0.257 e. The molecule has 8 nitrogen and oxygen atoms in total. The highest BCUT2D eigenvalue weighted by molar-refractivity contribution is 6.05. The quantitative estimate of drug-likeness (QED) is 0.654. The molecule has 8 heteroatoms. The molecular weight excluding hydrogens is 330 g/mol. The zero-order valence-corrected chi connectivity index (χ0v) is 15.2. The van der Waals surface area contributed by atoms with E-state index >= 15 is 0 Å². The number of benzene rings is 1. The first kappa shape index (κ1) is 17.4. The molecule has 2 aromatic heterocycles.